The summed E-state index contributed by atoms with van der Waals surface area (Å²) in [6, 6.07) is 5.96. The summed E-state index contributed by atoms with van der Waals surface area (Å²) in [5.41, 5.74) is -4.26. The fourth-order valence-electron chi connectivity index (χ4n) is 1.99. The molecule has 0 heterocycles. The van der Waals surface area contributed by atoms with Crippen LogP contribution in [0.5, 0.6) is 5.75 Å². The van der Waals surface area contributed by atoms with Crippen LogP contribution in [0.2, 0.25) is 0 Å². The van der Waals surface area contributed by atoms with E-state index >= 15 is 0 Å². The molecule has 0 bridgehead atoms. The number of hydrogen-bond donors (Lipinski definition) is 2. The molecule has 1 unspecified atom stereocenters. The highest BCUT2D eigenvalue weighted by molar-refractivity contribution is 7.92. The molecule has 2 aromatic carbocycles. The van der Waals surface area contributed by atoms with Gasteiger partial charge in [-0.1, -0.05) is 11.6 Å². The van der Waals surface area contributed by atoms with E-state index in [1.807, 2.05) is 0 Å². The summed E-state index contributed by atoms with van der Waals surface area (Å²) in [7, 11) is -5.43. The van der Waals surface area contributed by atoms with Crippen LogP contribution < -0.4 is 5.32 Å². The highest BCUT2D eigenvalue weighted by Crippen LogP contribution is 2.35. The number of anilines is 1. The minimum Gasteiger partial charge on any atom is -0.506 e. The second-order valence-corrected chi connectivity index (χ2v) is 7.71. The SMILES string of the molecule is O=C(Nc1ccc([N+](=O)[O-])cc1O)c1ccc(S(=O)(=O)C(F)(F)C(F)Cl)cc1. The molecule has 2 aromatic rings. The first-order chi connectivity index (χ1) is 12.9. The molecule has 0 radical (unpaired) electrons. The zero-order valence-electron chi connectivity index (χ0n) is 13.5. The highest BCUT2D eigenvalue weighted by Gasteiger charge is 2.53. The number of halogens is 4. The second kappa shape index (κ2) is 7.64. The number of nitro groups is 1. The molecule has 0 saturated heterocycles. The van der Waals surface area contributed by atoms with E-state index in [0.29, 0.717) is 12.1 Å². The average molecular weight is 439 g/mol. The Kier molecular flexibility index (Phi) is 5.85. The predicted octanol–water partition coefficient (Wildman–Crippen LogP) is 3.45. The molecule has 0 aromatic heterocycles. The molecule has 0 saturated carbocycles. The molecule has 2 N–H and O–H groups in total. The Morgan fingerprint density at radius 1 is 1.21 bits per heavy atom. The zero-order valence-corrected chi connectivity index (χ0v) is 15.0. The first kappa shape index (κ1) is 21.4. The van der Waals surface area contributed by atoms with Crippen LogP contribution in [0, 0.1) is 10.1 Å². The number of non-ortho nitro benzene ring substituents is 1. The molecule has 0 aliphatic rings. The van der Waals surface area contributed by atoms with Crippen molar-refractivity contribution in [3.8, 4) is 5.75 Å². The van der Waals surface area contributed by atoms with Crippen LogP contribution in [0.25, 0.3) is 0 Å². The van der Waals surface area contributed by atoms with E-state index in [1.165, 1.54) is 0 Å². The molecule has 0 aliphatic carbocycles. The molecule has 8 nitrogen and oxygen atoms in total. The summed E-state index contributed by atoms with van der Waals surface area (Å²) in [5.74, 6) is -1.47. The number of hydrogen-bond acceptors (Lipinski definition) is 6. The Bertz CT molecular complexity index is 1030. The lowest BCUT2D eigenvalue weighted by Crippen LogP contribution is -2.36. The molecular formula is C15H10ClF3N2O6S. The second-order valence-electron chi connectivity index (χ2n) is 5.30. The van der Waals surface area contributed by atoms with Crippen molar-refractivity contribution in [3.63, 3.8) is 0 Å². The van der Waals surface area contributed by atoms with E-state index in [2.05, 4.69) is 16.9 Å². The largest absolute Gasteiger partial charge is 0.506 e. The predicted molar refractivity (Wildman–Crippen MR) is 92.0 cm³/mol. The molecule has 150 valence electrons. The Morgan fingerprint density at radius 2 is 1.79 bits per heavy atom. The lowest BCUT2D eigenvalue weighted by atomic mass is 10.2. The van der Waals surface area contributed by atoms with Gasteiger partial charge in [-0.25, -0.2) is 12.8 Å². The smallest absolute Gasteiger partial charge is 0.393 e. The average Bonchev–Trinajstić information content (AvgIpc) is 2.62. The van der Waals surface area contributed by atoms with Crippen LogP contribution in [0.1, 0.15) is 10.4 Å². The lowest BCUT2D eigenvalue weighted by Gasteiger charge is -2.17. The number of rotatable bonds is 6. The van der Waals surface area contributed by atoms with Crippen LogP contribution in [-0.2, 0) is 9.84 Å². The van der Waals surface area contributed by atoms with Crippen molar-refractivity contribution in [2.24, 2.45) is 0 Å². The first-order valence-electron chi connectivity index (χ1n) is 7.17. The molecule has 1 atom stereocenters. The third-order valence-corrected chi connectivity index (χ3v) is 5.70. The third kappa shape index (κ3) is 4.02. The third-order valence-electron chi connectivity index (χ3n) is 3.48. The van der Waals surface area contributed by atoms with Crippen LogP contribution in [0.4, 0.5) is 24.5 Å². The number of amides is 1. The van der Waals surface area contributed by atoms with E-state index in [4.69, 9.17) is 0 Å². The quantitative estimate of drug-likeness (QED) is 0.308. The van der Waals surface area contributed by atoms with Gasteiger partial charge in [0.05, 0.1) is 21.6 Å². The highest BCUT2D eigenvalue weighted by atomic mass is 35.5. The normalized spacial score (nSPS) is 13.0. The van der Waals surface area contributed by atoms with Gasteiger partial charge >= 0.3 is 5.25 Å². The Morgan fingerprint density at radius 3 is 2.25 bits per heavy atom. The summed E-state index contributed by atoms with van der Waals surface area (Å²) in [6.45, 7) is 0. The van der Waals surface area contributed by atoms with Gasteiger partial charge in [0, 0.05) is 11.6 Å². The van der Waals surface area contributed by atoms with Crippen LogP contribution in [0.15, 0.2) is 47.4 Å². The number of carbonyl (C=O) groups is 1. The van der Waals surface area contributed by atoms with Gasteiger partial charge in [-0.15, -0.1) is 0 Å². The van der Waals surface area contributed by atoms with Gasteiger partial charge in [0.2, 0.25) is 9.84 Å². The summed E-state index contributed by atoms with van der Waals surface area (Å²) < 4.78 is 63.1. The fraction of sp³-hybridized carbons (Fsp3) is 0.133. The maximum absolute atomic E-state index is 13.4. The van der Waals surface area contributed by atoms with E-state index in [9.17, 15) is 41.6 Å². The van der Waals surface area contributed by atoms with Crippen molar-refractivity contribution in [2.75, 3.05) is 5.32 Å². The van der Waals surface area contributed by atoms with E-state index in [-0.39, 0.29) is 11.3 Å². The summed E-state index contributed by atoms with van der Waals surface area (Å²) in [5, 5.41) is 17.6. The number of nitrogens with one attached hydrogen (secondary N) is 1. The van der Waals surface area contributed by atoms with E-state index in [1.54, 1.807) is 0 Å². The molecule has 1 amide bonds. The van der Waals surface area contributed by atoms with Gasteiger partial charge in [-0.2, -0.15) is 8.78 Å². The van der Waals surface area contributed by atoms with Crippen molar-refractivity contribution in [2.45, 2.75) is 15.8 Å². The number of alkyl halides is 4. The van der Waals surface area contributed by atoms with Gasteiger partial charge in [-0.05, 0) is 30.3 Å². The van der Waals surface area contributed by atoms with Crippen molar-refractivity contribution >= 4 is 38.7 Å². The lowest BCUT2D eigenvalue weighted by molar-refractivity contribution is -0.384. The first-order valence-corrected chi connectivity index (χ1v) is 9.09. The van der Waals surface area contributed by atoms with Gasteiger partial charge in [0.1, 0.15) is 5.75 Å². The fourth-order valence-corrected chi connectivity index (χ4v) is 3.39. The van der Waals surface area contributed by atoms with Gasteiger partial charge < -0.3 is 10.4 Å². The summed E-state index contributed by atoms with van der Waals surface area (Å²) in [4.78, 5) is 21.0. The number of sulfone groups is 1. The topological polar surface area (TPSA) is 127 Å². The van der Waals surface area contributed by atoms with Crippen molar-refractivity contribution in [1.82, 2.24) is 0 Å². The maximum atomic E-state index is 13.4. The minimum absolute atomic E-state index is 0.179. The molecule has 0 fully saturated rings. The number of benzene rings is 2. The number of phenolic OH excluding ortho intramolecular Hbond substituents is 1. The number of phenols is 1. The monoisotopic (exact) mass is 438 g/mol. The molecule has 0 spiro atoms. The van der Waals surface area contributed by atoms with E-state index in [0.717, 1.165) is 30.3 Å². The summed E-state index contributed by atoms with van der Waals surface area (Å²) >= 11 is 4.60. The summed E-state index contributed by atoms with van der Waals surface area (Å²) in [6.07, 6.45) is 0. The molecule has 2 rings (SSSR count). The minimum atomic E-state index is -5.43. The Balaban J connectivity index is 2.24. The van der Waals surface area contributed by atoms with Crippen molar-refractivity contribution in [3.05, 3.63) is 58.1 Å². The van der Waals surface area contributed by atoms with Gasteiger partial charge in [-0.3, -0.25) is 14.9 Å². The van der Waals surface area contributed by atoms with Crippen molar-refractivity contribution < 1.29 is 36.4 Å². The van der Waals surface area contributed by atoms with Crippen molar-refractivity contribution in [1.29, 1.82) is 0 Å². The molecule has 28 heavy (non-hydrogen) atoms. The number of nitro benzene ring substituents is 1. The number of aromatic hydroxyl groups is 1. The standard InChI is InChI=1S/C15H10ClF3N2O6S/c16-14(17)15(18,19)28(26,27)10-4-1-8(2-5-10)13(23)20-11-6-3-9(21(24)25)7-12(11)22/h1-7,14,22H,(H,20,23). The van der Waals surface area contributed by atoms with Crippen LogP contribution >= 0.6 is 11.6 Å². The van der Waals surface area contributed by atoms with Crippen LogP contribution in [0.3, 0.4) is 0 Å². The molecule has 13 heteroatoms. The van der Waals surface area contributed by atoms with Gasteiger partial charge in [0.15, 0.2) is 0 Å². The molecular weight excluding hydrogens is 429 g/mol. The Labute approximate surface area is 160 Å². The molecule has 0 aliphatic heterocycles. The Hall–Kier alpha value is -2.86. The van der Waals surface area contributed by atoms with Crippen LogP contribution in [-0.4, -0.2) is 35.2 Å². The number of carbonyl (C=O) groups excluding carboxylic acids is 1. The number of nitrogens with zero attached hydrogens (tertiary/aromatic N) is 1. The zero-order chi connectivity index (χ0) is 21.3. The van der Waals surface area contributed by atoms with Gasteiger partial charge in [0.25, 0.3) is 17.2 Å². The maximum Gasteiger partial charge on any atom is 0.393 e. The van der Waals surface area contributed by atoms with E-state index < -0.39 is 47.9 Å².